The molecule has 0 unspecified atom stereocenters. The van der Waals surface area contributed by atoms with Gasteiger partial charge < -0.3 is 10.6 Å². The van der Waals surface area contributed by atoms with E-state index in [1.54, 1.807) is 4.68 Å². The first kappa shape index (κ1) is 17.7. The van der Waals surface area contributed by atoms with Crippen LogP contribution in [0.5, 0.6) is 0 Å². The summed E-state index contributed by atoms with van der Waals surface area (Å²) in [5.74, 6) is 0.456. The molecule has 6 nitrogen and oxygen atoms in total. The molecule has 1 rings (SSSR count). The molecule has 1 heterocycles. The lowest BCUT2D eigenvalue weighted by Crippen LogP contribution is -2.40. The molecule has 0 aliphatic rings. The molecule has 120 valence electrons. The van der Waals surface area contributed by atoms with Crippen molar-refractivity contribution in [2.75, 3.05) is 12.3 Å². The van der Waals surface area contributed by atoms with E-state index in [2.05, 4.69) is 15.7 Å². The summed E-state index contributed by atoms with van der Waals surface area (Å²) in [5.41, 5.74) is 1.89. The van der Waals surface area contributed by atoms with Crippen molar-refractivity contribution in [3.8, 4) is 0 Å². The average Bonchev–Trinajstić information content (AvgIpc) is 2.67. The third kappa shape index (κ3) is 5.49. The Hall–Kier alpha value is -1.37. The maximum Gasteiger partial charge on any atom is 0.315 e. The van der Waals surface area contributed by atoms with Crippen LogP contribution in [0.25, 0.3) is 0 Å². The lowest BCUT2D eigenvalue weighted by molar-refractivity contribution is 0.238. The van der Waals surface area contributed by atoms with Gasteiger partial charge in [-0.25, -0.2) is 4.79 Å². The molecule has 0 radical (unpaired) electrons. The predicted molar refractivity (Wildman–Crippen MR) is 85.7 cm³/mol. The van der Waals surface area contributed by atoms with Crippen LogP contribution in [0.4, 0.5) is 4.79 Å². The second kappa shape index (κ2) is 7.06. The predicted octanol–water partition coefficient (Wildman–Crippen LogP) is 1.64. The van der Waals surface area contributed by atoms with Gasteiger partial charge in [0, 0.05) is 46.7 Å². The summed E-state index contributed by atoms with van der Waals surface area (Å²) in [5, 5.41) is 9.86. The zero-order valence-corrected chi connectivity index (χ0v) is 14.5. The molecular weight excluding hydrogens is 288 g/mol. The van der Waals surface area contributed by atoms with Crippen LogP contribution in [0, 0.1) is 6.92 Å². The van der Waals surface area contributed by atoms with Crippen LogP contribution >= 0.6 is 0 Å². The van der Waals surface area contributed by atoms with E-state index < -0.39 is 10.8 Å². The van der Waals surface area contributed by atoms with E-state index in [-0.39, 0.29) is 16.8 Å². The SMILES string of the molecule is Cc1nn(C)cc1[C@@H](C)NC(=O)NCC[S@@](=O)C(C)(C)C. The van der Waals surface area contributed by atoms with Crippen molar-refractivity contribution in [2.45, 2.75) is 45.4 Å². The number of carbonyl (C=O) groups is 1. The molecule has 1 aromatic heterocycles. The molecule has 0 aliphatic heterocycles. The van der Waals surface area contributed by atoms with Crippen molar-refractivity contribution in [1.82, 2.24) is 20.4 Å². The van der Waals surface area contributed by atoms with Crippen LogP contribution < -0.4 is 10.6 Å². The molecule has 21 heavy (non-hydrogen) atoms. The fourth-order valence-electron chi connectivity index (χ4n) is 1.93. The van der Waals surface area contributed by atoms with E-state index in [1.807, 2.05) is 47.9 Å². The summed E-state index contributed by atoms with van der Waals surface area (Å²) in [6, 6.07) is -0.372. The van der Waals surface area contributed by atoms with Gasteiger partial charge in [-0.15, -0.1) is 0 Å². The number of aryl methyl sites for hydroxylation is 2. The van der Waals surface area contributed by atoms with E-state index >= 15 is 0 Å². The first-order valence-corrected chi connectivity index (χ1v) is 8.36. The van der Waals surface area contributed by atoms with Gasteiger partial charge in [0.15, 0.2) is 0 Å². The monoisotopic (exact) mass is 314 g/mol. The van der Waals surface area contributed by atoms with Crippen molar-refractivity contribution in [3.05, 3.63) is 17.5 Å². The Balaban J connectivity index is 2.41. The maximum atomic E-state index is 11.9. The van der Waals surface area contributed by atoms with E-state index in [1.165, 1.54) is 0 Å². The molecule has 0 saturated carbocycles. The third-order valence-corrected chi connectivity index (χ3v) is 5.06. The third-order valence-electron chi connectivity index (χ3n) is 3.12. The van der Waals surface area contributed by atoms with Crippen LogP contribution in [-0.4, -0.2) is 37.1 Å². The molecule has 0 aliphatic carbocycles. The van der Waals surface area contributed by atoms with Crippen LogP contribution in [0.15, 0.2) is 6.20 Å². The van der Waals surface area contributed by atoms with Crippen molar-refractivity contribution in [1.29, 1.82) is 0 Å². The molecular formula is C14H26N4O2S. The highest BCUT2D eigenvalue weighted by atomic mass is 32.2. The minimum absolute atomic E-state index is 0.119. The normalized spacial score (nSPS) is 14.6. The minimum Gasteiger partial charge on any atom is -0.337 e. The second-order valence-corrected chi connectivity index (χ2v) is 8.45. The van der Waals surface area contributed by atoms with Crippen LogP contribution in [0.2, 0.25) is 0 Å². The summed E-state index contributed by atoms with van der Waals surface area (Å²) in [4.78, 5) is 11.8. The second-order valence-electron chi connectivity index (χ2n) is 6.13. The first-order valence-electron chi connectivity index (χ1n) is 7.04. The molecule has 0 aromatic carbocycles. The number of rotatable bonds is 5. The van der Waals surface area contributed by atoms with Gasteiger partial charge in [-0.05, 0) is 34.6 Å². The molecule has 0 spiro atoms. The van der Waals surface area contributed by atoms with E-state index in [4.69, 9.17) is 0 Å². The summed E-state index contributed by atoms with van der Waals surface area (Å²) in [6.07, 6.45) is 1.90. The van der Waals surface area contributed by atoms with Crippen LogP contribution in [-0.2, 0) is 17.8 Å². The lowest BCUT2D eigenvalue weighted by atomic mass is 10.1. The summed E-state index contributed by atoms with van der Waals surface area (Å²) in [7, 11) is 0.894. The Kier molecular flexibility index (Phi) is 5.95. The molecule has 7 heteroatoms. The van der Waals surface area contributed by atoms with Gasteiger partial charge in [-0.2, -0.15) is 5.10 Å². The largest absolute Gasteiger partial charge is 0.337 e. The molecule has 2 amide bonds. The Labute approximate surface area is 129 Å². The smallest absolute Gasteiger partial charge is 0.315 e. The van der Waals surface area contributed by atoms with Gasteiger partial charge in [0.1, 0.15) is 0 Å². The van der Waals surface area contributed by atoms with Crippen molar-refractivity contribution in [3.63, 3.8) is 0 Å². The van der Waals surface area contributed by atoms with Gasteiger partial charge >= 0.3 is 6.03 Å². The van der Waals surface area contributed by atoms with Crippen LogP contribution in [0.3, 0.4) is 0 Å². The average molecular weight is 314 g/mol. The lowest BCUT2D eigenvalue weighted by Gasteiger charge is -2.18. The summed E-state index contributed by atoms with van der Waals surface area (Å²) in [6.45, 7) is 10.0. The molecule has 0 saturated heterocycles. The number of nitrogens with one attached hydrogen (secondary N) is 2. The van der Waals surface area contributed by atoms with Crippen molar-refractivity contribution in [2.24, 2.45) is 7.05 Å². The number of hydrogen-bond donors (Lipinski definition) is 2. The van der Waals surface area contributed by atoms with Gasteiger partial charge in [-0.1, -0.05) is 0 Å². The Morgan fingerprint density at radius 3 is 2.57 bits per heavy atom. The Morgan fingerprint density at radius 1 is 1.48 bits per heavy atom. The molecule has 2 N–H and O–H groups in total. The molecule has 0 fully saturated rings. The zero-order chi connectivity index (χ0) is 16.2. The molecule has 0 bridgehead atoms. The number of nitrogens with zero attached hydrogens (tertiary/aromatic N) is 2. The van der Waals surface area contributed by atoms with Gasteiger partial charge in [0.05, 0.1) is 11.7 Å². The molecule has 1 aromatic rings. The highest BCUT2D eigenvalue weighted by Gasteiger charge is 2.19. The van der Waals surface area contributed by atoms with Crippen LogP contribution in [0.1, 0.15) is 45.0 Å². The number of hydrogen-bond acceptors (Lipinski definition) is 3. The fraction of sp³-hybridized carbons (Fsp3) is 0.714. The molecule has 2 atom stereocenters. The number of urea groups is 1. The number of aromatic nitrogens is 2. The highest BCUT2D eigenvalue weighted by molar-refractivity contribution is 7.86. The summed E-state index contributed by atoms with van der Waals surface area (Å²) >= 11 is 0. The fourth-order valence-corrected chi connectivity index (χ4v) is 2.83. The van der Waals surface area contributed by atoms with E-state index in [0.717, 1.165) is 11.3 Å². The van der Waals surface area contributed by atoms with E-state index in [0.29, 0.717) is 12.3 Å². The van der Waals surface area contributed by atoms with Gasteiger partial charge in [0.2, 0.25) is 0 Å². The first-order chi connectivity index (χ1) is 9.61. The summed E-state index contributed by atoms with van der Waals surface area (Å²) < 4.78 is 13.3. The van der Waals surface area contributed by atoms with Gasteiger partial charge in [0.25, 0.3) is 0 Å². The highest BCUT2D eigenvalue weighted by Crippen LogP contribution is 2.15. The van der Waals surface area contributed by atoms with Gasteiger partial charge in [-0.3, -0.25) is 8.89 Å². The Morgan fingerprint density at radius 2 is 2.10 bits per heavy atom. The van der Waals surface area contributed by atoms with Crippen molar-refractivity contribution < 1.29 is 9.00 Å². The topological polar surface area (TPSA) is 76.0 Å². The van der Waals surface area contributed by atoms with Crippen molar-refractivity contribution >= 4 is 16.8 Å². The minimum atomic E-state index is -0.959. The maximum absolute atomic E-state index is 11.9. The number of carbonyl (C=O) groups excluding carboxylic acids is 1. The standard InChI is InChI=1S/C14H26N4O2S/c1-10(12-9-18(6)17-11(12)2)16-13(19)15-7-8-21(20)14(3,4)5/h9-10H,7-8H2,1-6H3,(H2,15,16,19)/t10-,21-/m1/s1. The Bertz CT molecular complexity index is 520. The number of amides is 2. The van der Waals surface area contributed by atoms with E-state index in [9.17, 15) is 9.00 Å². The zero-order valence-electron chi connectivity index (χ0n) is 13.7. The quantitative estimate of drug-likeness (QED) is 0.867.